The Morgan fingerprint density at radius 1 is 1.23 bits per heavy atom. The van der Waals surface area contributed by atoms with Crippen LogP contribution in [0.5, 0.6) is 0 Å². The average Bonchev–Trinajstić information content (AvgIpc) is 2.88. The van der Waals surface area contributed by atoms with Crippen molar-refractivity contribution in [2.75, 3.05) is 11.9 Å². The molecule has 2 aromatic heterocycles. The van der Waals surface area contributed by atoms with E-state index in [4.69, 9.17) is 0 Å². The molecule has 0 atom stereocenters. The maximum absolute atomic E-state index is 9.39. The predicted molar refractivity (Wildman–Crippen MR) is 90.2 cm³/mol. The smallest absolute Gasteiger partial charge is 0.113 e. The Morgan fingerprint density at radius 3 is 2.73 bits per heavy atom. The van der Waals surface area contributed by atoms with Crippen LogP contribution in [0.1, 0.15) is 22.0 Å². The molecule has 5 heteroatoms. The lowest BCUT2D eigenvalue weighted by molar-refractivity contribution is 0.903. The first kappa shape index (κ1) is 14.5. The lowest BCUT2D eigenvalue weighted by Crippen LogP contribution is -2.18. The van der Waals surface area contributed by atoms with Crippen molar-refractivity contribution in [2.24, 2.45) is 0 Å². The first-order chi connectivity index (χ1) is 10.6. The molecule has 0 saturated carbocycles. The molecule has 0 aliphatic heterocycles. The van der Waals surface area contributed by atoms with E-state index in [9.17, 15) is 5.26 Å². The Kier molecular flexibility index (Phi) is 3.78. The van der Waals surface area contributed by atoms with Gasteiger partial charge < -0.3 is 4.90 Å². The van der Waals surface area contributed by atoms with Crippen molar-refractivity contribution in [1.82, 2.24) is 9.97 Å². The molecule has 0 aliphatic rings. The fraction of sp³-hybridized carbons (Fsp3) is 0.235. The van der Waals surface area contributed by atoms with Gasteiger partial charge in [-0.15, -0.1) is 11.3 Å². The molecule has 0 N–H and O–H groups in total. The van der Waals surface area contributed by atoms with Crippen LogP contribution in [0.2, 0.25) is 0 Å². The fourth-order valence-electron chi connectivity index (χ4n) is 2.52. The summed E-state index contributed by atoms with van der Waals surface area (Å²) in [5.74, 6) is 0. The number of benzene rings is 1. The largest absolute Gasteiger partial charge is 0.367 e. The second-order valence-corrected chi connectivity index (χ2v) is 6.40. The molecule has 0 amide bonds. The lowest BCUT2D eigenvalue weighted by Gasteiger charge is -2.20. The molecule has 3 rings (SSSR count). The van der Waals surface area contributed by atoms with Gasteiger partial charge in [-0.25, -0.2) is 4.98 Å². The minimum Gasteiger partial charge on any atom is -0.367 e. The third-order valence-corrected chi connectivity index (χ3v) is 4.56. The highest BCUT2D eigenvalue weighted by atomic mass is 32.1. The Balaban J connectivity index is 1.94. The highest BCUT2D eigenvalue weighted by Gasteiger charge is 2.14. The first-order valence-corrected chi connectivity index (χ1v) is 7.84. The Bertz CT molecular complexity index is 843. The minimum absolute atomic E-state index is 0.634. The molecular formula is C17H16N4S. The van der Waals surface area contributed by atoms with Crippen molar-refractivity contribution in [3.8, 4) is 6.07 Å². The van der Waals surface area contributed by atoms with Gasteiger partial charge in [0.1, 0.15) is 11.1 Å². The topological polar surface area (TPSA) is 52.8 Å². The zero-order valence-corrected chi connectivity index (χ0v) is 13.6. The third-order valence-electron chi connectivity index (χ3n) is 3.54. The maximum atomic E-state index is 9.39. The van der Waals surface area contributed by atoms with Crippen LogP contribution in [-0.2, 0) is 6.54 Å². The molecule has 1 aromatic carbocycles. The molecule has 3 aromatic rings. The summed E-state index contributed by atoms with van der Waals surface area (Å²) in [5.41, 5.74) is 4.26. The zero-order valence-electron chi connectivity index (χ0n) is 12.8. The van der Waals surface area contributed by atoms with E-state index < -0.39 is 0 Å². The van der Waals surface area contributed by atoms with E-state index in [1.165, 1.54) is 4.70 Å². The number of para-hydroxylation sites is 1. The van der Waals surface area contributed by atoms with Gasteiger partial charge in [-0.3, -0.25) is 4.98 Å². The van der Waals surface area contributed by atoms with Gasteiger partial charge in [-0.05, 0) is 32.0 Å². The van der Waals surface area contributed by atoms with Crippen LogP contribution in [-0.4, -0.2) is 17.0 Å². The molecule has 2 heterocycles. The minimum atomic E-state index is 0.634. The number of hydrogen-bond acceptors (Lipinski definition) is 5. The monoisotopic (exact) mass is 308 g/mol. The number of nitrogens with zero attached hydrogens (tertiary/aromatic N) is 4. The number of pyridine rings is 1. The van der Waals surface area contributed by atoms with Gasteiger partial charge in [0.25, 0.3) is 0 Å². The molecule has 0 aliphatic carbocycles. The molecule has 0 bridgehead atoms. The van der Waals surface area contributed by atoms with Crippen LogP contribution in [0.4, 0.5) is 5.69 Å². The highest BCUT2D eigenvalue weighted by molar-refractivity contribution is 7.18. The van der Waals surface area contributed by atoms with Crippen molar-refractivity contribution in [3.63, 3.8) is 0 Å². The van der Waals surface area contributed by atoms with Crippen molar-refractivity contribution in [1.29, 1.82) is 5.26 Å². The van der Waals surface area contributed by atoms with E-state index in [0.717, 1.165) is 27.6 Å². The van der Waals surface area contributed by atoms with E-state index in [2.05, 4.69) is 27.0 Å². The van der Waals surface area contributed by atoms with Gasteiger partial charge in [0.15, 0.2) is 0 Å². The summed E-state index contributed by atoms with van der Waals surface area (Å²) in [6, 6.07) is 12.4. The van der Waals surface area contributed by atoms with Gasteiger partial charge >= 0.3 is 0 Å². The number of anilines is 1. The van der Waals surface area contributed by atoms with Gasteiger partial charge in [0, 0.05) is 12.7 Å². The molecule has 22 heavy (non-hydrogen) atoms. The molecule has 0 saturated heterocycles. The van der Waals surface area contributed by atoms with Crippen LogP contribution in [0, 0.1) is 25.2 Å². The molecule has 0 radical (unpaired) electrons. The summed E-state index contributed by atoms with van der Waals surface area (Å²) in [4.78, 5) is 11.1. The normalized spacial score (nSPS) is 10.6. The predicted octanol–water partition coefficient (Wildman–Crippen LogP) is 3.82. The Labute approximate surface area is 133 Å². The summed E-state index contributed by atoms with van der Waals surface area (Å²) >= 11 is 1.69. The maximum Gasteiger partial charge on any atom is 0.113 e. The number of nitriles is 1. The molecule has 0 fully saturated rings. The summed E-state index contributed by atoms with van der Waals surface area (Å²) in [7, 11) is 1.99. The van der Waals surface area contributed by atoms with E-state index >= 15 is 0 Å². The third kappa shape index (κ3) is 2.66. The SMILES string of the molecule is Cc1cc(N(C)Cc2nc3ccccc3s2)c(C#N)c(C)n1. The lowest BCUT2D eigenvalue weighted by atomic mass is 10.1. The van der Waals surface area contributed by atoms with E-state index in [1.54, 1.807) is 11.3 Å². The van der Waals surface area contributed by atoms with Crippen LogP contribution in [0.25, 0.3) is 10.2 Å². The average molecular weight is 308 g/mol. The number of rotatable bonds is 3. The van der Waals surface area contributed by atoms with Crippen LogP contribution in [0.15, 0.2) is 30.3 Å². The van der Waals surface area contributed by atoms with Gasteiger partial charge in [0.2, 0.25) is 0 Å². The van der Waals surface area contributed by atoms with Gasteiger partial charge in [-0.1, -0.05) is 12.1 Å². The summed E-state index contributed by atoms with van der Waals surface area (Å²) in [6.45, 7) is 4.50. The molecule has 110 valence electrons. The zero-order chi connectivity index (χ0) is 15.7. The van der Waals surface area contributed by atoms with E-state index in [0.29, 0.717) is 12.1 Å². The van der Waals surface area contributed by atoms with E-state index in [-0.39, 0.29) is 0 Å². The molecule has 4 nitrogen and oxygen atoms in total. The molecule has 0 spiro atoms. The van der Waals surface area contributed by atoms with Gasteiger partial charge in [0.05, 0.1) is 33.7 Å². The standard InChI is InChI=1S/C17H16N4S/c1-11-8-15(13(9-18)12(2)19-11)21(3)10-17-20-14-6-4-5-7-16(14)22-17/h4-8H,10H2,1-3H3. The summed E-state index contributed by atoms with van der Waals surface area (Å²) in [5, 5.41) is 10.4. The van der Waals surface area contributed by atoms with Crippen molar-refractivity contribution in [2.45, 2.75) is 20.4 Å². The van der Waals surface area contributed by atoms with Crippen LogP contribution in [0.3, 0.4) is 0 Å². The van der Waals surface area contributed by atoms with Crippen molar-refractivity contribution in [3.05, 3.63) is 52.3 Å². The van der Waals surface area contributed by atoms with Crippen molar-refractivity contribution >= 4 is 27.2 Å². The number of hydrogen-bond donors (Lipinski definition) is 0. The van der Waals surface area contributed by atoms with Crippen molar-refractivity contribution < 1.29 is 0 Å². The molecular weight excluding hydrogens is 292 g/mol. The van der Waals surface area contributed by atoms with Crippen LogP contribution < -0.4 is 4.90 Å². The first-order valence-electron chi connectivity index (χ1n) is 7.02. The second-order valence-electron chi connectivity index (χ2n) is 5.29. The molecule has 0 unspecified atom stereocenters. The number of thiazole rings is 1. The summed E-state index contributed by atoms with van der Waals surface area (Å²) in [6.07, 6.45) is 0. The second kappa shape index (κ2) is 5.74. The van der Waals surface area contributed by atoms with Crippen LogP contribution >= 0.6 is 11.3 Å². The Hall–Kier alpha value is -2.45. The highest BCUT2D eigenvalue weighted by Crippen LogP contribution is 2.27. The van der Waals surface area contributed by atoms with E-state index in [1.807, 2.05) is 45.2 Å². The van der Waals surface area contributed by atoms with Gasteiger partial charge in [-0.2, -0.15) is 5.26 Å². The fourth-order valence-corrected chi connectivity index (χ4v) is 3.54. The number of aryl methyl sites for hydroxylation is 2. The summed E-state index contributed by atoms with van der Waals surface area (Å²) < 4.78 is 1.19. The number of aromatic nitrogens is 2. The quantitative estimate of drug-likeness (QED) is 0.738. The Morgan fingerprint density at radius 2 is 2.00 bits per heavy atom. The number of fused-ring (bicyclic) bond motifs is 1.